The molecule has 1 unspecified atom stereocenters. The SMILES string of the molecule is CCn1c(C)nnc1C1CCN1. The summed E-state index contributed by atoms with van der Waals surface area (Å²) in [5, 5.41) is 11.5. The van der Waals surface area contributed by atoms with Gasteiger partial charge in [-0.2, -0.15) is 0 Å². The molecule has 2 heterocycles. The maximum Gasteiger partial charge on any atom is 0.150 e. The number of nitrogens with one attached hydrogen (secondary N) is 1. The molecule has 2 rings (SSSR count). The lowest BCUT2D eigenvalue weighted by Crippen LogP contribution is -2.37. The van der Waals surface area contributed by atoms with Crippen LogP contribution in [-0.4, -0.2) is 21.3 Å². The minimum absolute atomic E-state index is 0.450. The summed E-state index contributed by atoms with van der Waals surface area (Å²) in [7, 11) is 0. The molecule has 1 atom stereocenters. The van der Waals surface area contributed by atoms with E-state index >= 15 is 0 Å². The lowest BCUT2D eigenvalue weighted by atomic mass is 10.1. The van der Waals surface area contributed by atoms with Crippen LogP contribution in [0.2, 0.25) is 0 Å². The van der Waals surface area contributed by atoms with Crippen molar-refractivity contribution in [1.82, 2.24) is 20.1 Å². The number of hydrogen-bond donors (Lipinski definition) is 1. The van der Waals surface area contributed by atoms with E-state index in [9.17, 15) is 0 Å². The van der Waals surface area contributed by atoms with Crippen molar-refractivity contribution in [2.75, 3.05) is 6.54 Å². The average Bonchev–Trinajstić information content (AvgIpc) is 2.29. The van der Waals surface area contributed by atoms with Gasteiger partial charge in [0.15, 0.2) is 0 Å². The van der Waals surface area contributed by atoms with Crippen LogP contribution in [0.5, 0.6) is 0 Å². The molecule has 0 radical (unpaired) electrons. The van der Waals surface area contributed by atoms with Crippen LogP contribution in [0.1, 0.15) is 31.0 Å². The molecule has 1 aliphatic rings. The zero-order chi connectivity index (χ0) is 8.55. The predicted molar refractivity (Wildman–Crippen MR) is 45.8 cm³/mol. The third-order valence-electron chi connectivity index (χ3n) is 2.42. The zero-order valence-electron chi connectivity index (χ0n) is 7.54. The van der Waals surface area contributed by atoms with Crippen molar-refractivity contribution in [1.29, 1.82) is 0 Å². The summed E-state index contributed by atoms with van der Waals surface area (Å²) in [5.74, 6) is 2.11. The van der Waals surface area contributed by atoms with Crippen LogP contribution < -0.4 is 5.32 Å². The Balaban J connectivity index is 2.29. The van der Waals surface area contributed by atoms with Gasteiger partial charge in [-0.05, 0) is 26.8 Å². The van der Waals surface area contributed by atoms with E-state index < -0.39 is 0 Å². The van der Waals surface area contributed by atoms with E-state index in [1.807, 2.05) is 6.92 Å². The normalized spacial score (nSPS) is 22.3. The second-order valence-electron chi connectivity index (χ2n) is 3.15. The van der Waals surface area contributed by atoms with Crippen LogP contribution in [0, 0.1) is 6.92 Å². The van der Waals surface area contributed by atoms with Gasteiger partial charge in [0, 0.05) is 6.54 Å². The van der Waals surface area contributed by atoms with Crippen LogP contribution >= 0.6 is 0 Å². The third kappa shape index (κ3) is 1.03. The Labute approximate surface area is 72.0 Å². The number of aryl methyl sites for hydroxylation is 1. The Hall–Kier alpha value is -0.900. The van der Waals surface area contributed by atoms with E-state index in [4.69, 9.17) is 0 Å². The largest absolute Gasteiger partial charge is 0.314 e. The third-order valence-corrected chi connectivity index (χ3v) is 2.42. The zero-order valence-corrected chi connectivity index (χ0v) is 7.54. The second-order valence-corrected chi connectivity index (χ2v) is 3.15. The minimum atomic E-state index is 0.450. The number of nitrogens with zero attached hydrogens (tertiary/aromatic N) is 3. The van der Waals surface area contributed by atoms with Crippen LogP contribution in [0.15, 0.2) is 0 Å². The summed E-state index contributed by atoms with van der Waals surface area (Å²) in [6.45, 7) is 6.20. The van der Waals surface area contributed by atoms with Gasteiger partial charge in [-0.25, -0.2) is 0 Å². The molecule has 1 saturated heterocycles. The van der Waals surface area contributed by atoms with Crippen molar-refractivity contribution in [2.45, 2.75) is 32.9 Å². The standard InChI is InChI=1S/C8H14N4/c1-3-12-6(2)10-11-8(12)7-4-5-9-7/h7,9H,3-5H2,1-2H3. The van der Waals surface area contributed by atoms with Gasteiger partial charge < -0.3 is 9.88 Å². The minimum Gasteiger partial charge on any atom is -0.314 e. The van der Waals surface area contributed by atoms with Gasteiger partial charge in [-0.1, -0.05) is 0 Å². The Kier molecular flexibility index (Phi) is 1.84. The highest BCUT2D eigenvalue weighted by Crippen LogP contribution is 2.21. The fourth-order valence-electron chi connectivity index (χ4n) is 1.56. The van der Waals surface area contributed by atoms with Crippen molar-refractivity contribution in [3.8, 4) is 0 Å². The van der Waals surface area contributed by atoms with Crippen LogP contribution in [0.3, 0.4) is 0 Å². The number of aromatic nitrogens is 3. The highest BCUT2D eigenvalue weighted by Gasteiger charge is 2.24. The summed E-state index contributed by atoms with van der Waals surface area (Å²) in [6, 6.07) is 0.450. The van der Waals surface area contributed by atoms with Crippen molar-refractivity contribution in [2.24, 2.45) is 0 Å². The molecule has 1 N–H and O–H groups in total. The molecule has 4 heteroatoms. The fourth-order valence-corrected chi connectivity index (χ4v) is 1.56. The first-order chi connectivity index (χ1) is 5.83. The van der Waals surface area contributed by atoms with E-state index in [-0.39, 0.29) is 0 Å². The summed E-state index contributed by atoms with van der Waals surface area (Å²) >= 11 is 0. The molecule has 0 aromatic carbocycles. The molecular formula is C8H14N4. The fraction of sp³-hybridized carbons (Fsp3) is 0.750. The van der Waals surface area contributed by atoms with Gasteiger partial charge in [-0.3, -0.25) is 0 Å². The van der Waals surface area contributed by atoms with Crippen molar-refractivity contribution in [3.63, 3.8) is 0 Å². The van der Waals surface area contributed by atoms with Crippen LogP contribution in [0.4, 0.5) is 0 Å². The van der Waals surface area contributed by atoms with E-state index in [0.29, 0.717) is 6.04 Å². The van der Waals surface area contributed by atoms with Crippen molar-refractivity contribution >= 4 is 0 Å². The van der Waals surface area contributed by atoms with Gasteiger partial charge >= 0.3 is 0 Å². The topological polar surface area (TPSA) is 42.7 Å². The predicted octanol–water partition coefficient (Wildman–Crippen LogP) is 0.641. The average molecular weight is 166 g/mol. The lowest BCUT2D eigenvalue weighted by molar-refractivity contribution is 0.353. The molecule has 12 heavy (non-hydrogen) atoms. The molecule has 0 aliphatic carbocycles. The molecule has 1 aromatic heterocycles. The van der Waals surface area contributed by atoms with E-state index in [1.54, 1.807) is 0 Å². The molecule has 1 aromatic rings. The van der Waals surface area contributed by atoms with E-state index in [1.165, 1.54) is 6.42 Å². The molecular weight excluding hydrogens is 152 g/mol. The highest BCUT2D eigenvalue weighted by atomic mass is 15.3. The van der Waals surface area contributed by atoms with E-state index in [0.717, 1.165) is 24.7 Å². The summed E-state index contributed by atoms with van der Waals surface area (Å²) < 4.78 is 2.16. The molecule has 0 bridgehead atoms. The Morgan fingerprint density at radius 2 is 2.33 bits per heavy atom. The Morgan fingerprint density at radius 1 is 1.58 bits per heavy atom. The van der Waals surface area contributed by atoms with Gasteiger partial charge in [0.1, 0.15) is 11.6 Å². The first kappa shape index (κ1) is 7.73. The molecule has 0 spiro atoms. The first-order valence-corrected chi connectivity index (χ1v) is 4.46. The summed E-state index contributed by atoms with van der Waals surface area (Å²) in [6.07, 6.45) is 1.19. The molecule has 4 nitrogen and oxygen atoms in total. The van der Waals surface area contributed by atoms with Gasteiger partial charge in [0.2, 0.25) is 0 Å². The first-order valence-electron chi connectivity index (χ1n) is 4.46. The second kappa shape index (κ2) is 2.86. The number of hydrogen-bond acceptors (Lipinski definition) is 3. The smallest absolute Gasteiger partial charge is 0.150 e. The van der Waals surface area contributed by atoms with Crippen molar-refractivity contribution < 1.29 is 0 Å². The Morgan fingerprint density at radius 3 is 2.83 bits per heavy atom. The molecule has 0 saturated carbocycles. The van der Waals surface area contributed by atoms with Crippen LogP contribution in [0.25, 0.3) is 0 Å². The van der Waals surface area contributed by atoms with Gasteiger partial charge in [0.05, 0.1) is 6.04 Å². The maximum atomic E-state index is 4.16. The van der Waals surface area contributed by atoms with Crippen molar-refractivity contribution in [3.05, 3.63) is 11.6 Å². The highest BCUT2D eigenvalue weighted by molar-refractivity contribution is 5.03. The Bertz CT molecular complexity index is 275. The monoisotopic (exact) mass is 166 g/mol. The van der Waals surface area contributed by atoms with Gasteiger partial charge in [-0.15, -0.1) is 10.2 Å². The maximum absolute atomic E-state index is 4.16. The van der Waals surface area contributed by atoms with E-state index in [2.05, 4.69) is 27.0 Å². The molecule has 66 valence electrons. The quantitative estimate of drug-likeness (QED) is 0.701. The molecule has 1 aliphatic heterocycles. The lowest BCUT2D eigenvalue weighted by Gasteiger charge is -2.26. The molecule has 0 amide bonds. The number of rotatable bonds is 2. The van der Waals surface area contributed by atoms with Crippen LogP contribution in [-0.2, 0) is 6.54 Å². The van der Waals surface area contributed by atoms with Gasteiger partial charge in [0.25, 0.3) is 0 Å². The summed E-state index contributed by atoms with van der Waals surface area (Å²) in [5.41, 5.74) is 0. The summed E-state index contributed by atoms with van der Waals surface area (Å²) in [4.78, 5) is 0. The molecule has 1 fully saturated rings.